The molecule has 1 amide bonds. The lowest BCUT2D eigenvalue weighted by Gasteiger charge is -2.26. The summed E-state index contributed by atoms with van der Waals surface area (Å²) in [6, 6.07) is 10.9. The number of aromatic nitrogens is 2. The van der Waals surface area contributed by atoms with E-state index in [1.54, 1.807) is 16.9 Å². The number of hydrogen-bond donors (Lipinski definition) is 1. The summed E-state index contributed by atoms with van der Waals surface area (Å²) >= 11 is 3.55. The van der Waals surface area contributed by atoms with Crippen molar-refractivity contribution in [3.05, 3.63) is 64.5 Å². The molecule has 1 aromatic heterocycles. The highest BCUT2D eigenvalue weighted by atomic mass is 79.9. The van der Waals surface area contributed by atoms with E-state index in [1.165, 1.54) is 24.3 Å². The summed E-state index contributed by atoms with van der Waals surface area (Å²) in [5.74, 6) is -0.00757. The van der Waals surface area contributed by atoms with Gasteiger partial charge in [-0.3, -0.25) is 14.4 Å². The maximum atomic E-state index is 13.2. The van der Waals surface area contributed by atoms with Gasteiger partial charge in [-0.2, -0.15) is 5.10 Å². The van der Waals surface area contributed by atoms with Crippen LogP contribution in [0.15, 0.2) is 53.1 Å². The van der Waals surface area contributed by atoms with Crippen molar-refractivity contribution in [2.24, 2.45) is 7.05 Å². The molecule has 2 heterocycles. The summed E-state index contributed by atoms with van der Waals surface area (Å²) < 4.78 is 27.3. The van der Waals surface area contributed by atoms with Gasteiger partial charge in [0.1, 0.15) is 18.2 Å². The van der Waals surface area contributed by atoms with Crippen LogP contribution in [0.25, 0.3) is 11.3 Å². The van der Waals surface area contributed by atoms with E-state index in [0.717, 1.165) is 48.6 Å². The number of aryl methyl sites for hydroxylation is 1. The van der Waals surface area contributed by atoms with Crippen molar-refractivity contribution < 1.29 is 18.7 Å². The van der Waals surface area contributed by atoms with Crippen molar-refractivity contribution in [2.45, 2.75) is 0 Å². The van der Waals surface area contributed by atoms with Crippen molar-refractivity contribution in [3.8, 4) is 17.0 Å². The molecule has 1 fully saturated rings. The van der Waals surface area contributed by atoms with Crippen LogP contribution in [0.2, 0.25) is 0 Å². The third kappa shape index (κ3) is 5.35. The second-order valence-electron chi connectivity index (χ2n) is 7.44. The molecule has 0 saturated carbocycles. The molecule has 1 aliphatic rings. The van der Waals surface area contributed by atoms with Crippen LogP contribution >= 0.6 is 15.9 Å². The van der Waals surface area contributed by atoms with Crippen LogP contribution in [0.4, 0.5) is 10.1 Å². The molecule has 168 valence electrons. The Morgan fingerprint density at radius 3 is 2.66 bits per heavy atom. The molecular formula is C23H24BrFN4O3. The molecule has 3 aromatic rings. The van der Waals surface area contributed by atoms with E-state index in [9.17, 15) is 9.18 Å². The van der Waals surface area contributed by atoms with Crippen LogP contribution < -0.4 is 10.1 Å². The van der Waals surface area contributed by atoms with Crippen LogP contribution in [-0.2, 0) is 11.8 Å². The number of nitrogens with one attached hydrogen (secondary N) is 1. The second-order valence-corrected chi connectivity index (χ2v) is 8.29. The topological polar surface area (TPSA) is 68.6 Å². The summed E-state index contributed by atoms with van der Waals surface area (Å²) in [6.07, 6.45) is 1.72. The molecule has 0 aliphatic carbocycles. The Morgan fingerprint density at radius 2 is 1.97 bits per heavy atom. The summed E-state index contributed by atoms with van der Waals surface area (Å²) in [7, 11) is 1.85. The van der Waals surface area contributed by atoms with Crippen LogP contribution in [0.3, 0.4) is 0 Å². The first kappa shape index (κ1) is 22.4. The highest BCUT2D eigenvalue weighted by Crippen LogP contribution is 2.36. The average Bonchev–Trinajstić information content (AvgIpc) is 3.13. The number of ether oxygens (including phenoxy) is 2. The number of carbonyl (C=O) groups excluding carboxylic acids is 1. The molecular weight excluding hydrogens is 479 g/mol. The van der Waals surface area contributed by atoms with Crippen molar-refractivity contribution in [1.29, 1.82) is 0 Å². The minimum Gasteiger partial charge on any atom is -0.492 e. The highest BCUT2D eigenvalue weighted by molar-refractivity contribution is 9.10. The molecule has 2 aromatic carbocycles. The third-order valence-corrected chi connectivity index (χ3v) is 5.84. The Hall–Kier alpha value is -2.75. The maximum absolute atomic E-state index is 13.2. The van der Waals surface area contributed by atoms with Gasteiger partial charge < -0.3 is 14.8 Å². The Morgan fingerprint density at radius 1 is 1.22 bits per heavy atom. The van der Waals surface area contributed by atoms with Gasteiger partial charge in [0.15, 0.2) is 0 Å². The van der Waals surface area contributed by atoms with E-state index < -0.39 is 0 Å². The van der Waals surface area contributed by atoms with Crippen LogP contribution in [-0.4, -0.2) is 60.0 Å². The molecule has 1 N–H and O–H groups in total. The van der Waals surface area contributed by atoms with Crippen LogP contribution in [0.5, 0.6) is 5.75 Å². The van der Waals surface area contributed by atoms with E-state index in [4.69, 9.17) is 9.47 Å². The SMILES string of the molecule is Cn1ncc(Br)c1-c1cc(NC(=O)c2ccc(F)cc2)ccc1OCCN1CCOCC1. The predicted octanol–water partition coefficient (Wildman–Crippen LogP) is 3.95. The van der Waals surface area contributed by atoms with Gasteiger partial charge in [-0.25, -0.2) is 4.39 Å². The lowest BCUT2D eigenvalue weighted by Crippen LogP contribution is -2.38. The lowest BCUT2D eigenvalue weighted by atomic mass is 10.1. The van der Waals surface area contributed by atoms with Crippen molar-refractivity contribution in [1.82, 2.24) is 14.7 Å². The molecule has 0 radical (unpaired) electrons. The zero-order valence-corrected chi connectivity index (χ0v) is 19.3. The molecule has 1 saturated heterocycles. The molecule has 0 atom stereocenters. The summed E-state index contributed by atoms with van der Waals surface area (Å²) in [5, 5.41) is 7.17. The Bertz CT molecular complexity index is 1060. The van der Waals surface area contributed by atoms with E-state index >= 15 is 0 Å². The number of amides is 1. The number of rotatable bonds is 7. The van der Waals surface area contributed by atoms with Gasteiger partial charge in [-0.1, -0.05) is 0 Å². The van der Waals surface area contributed by atoms with Gasteiger partial charge in [0, 0.05) is 43.5 Å². The van der Waals surface area contributed by atoms with Crippen LogP contribution in [0, 0.1) is 5.82 Å². The normalized spacial score (nSPS) is 14.3. The highest BCUT2D eigenvalue weighted by Gasteiger charge is 2.17. The van der Waals surface area contributed by atoms with Crippen molar-refractivity contribution in [2.75, 3.05) is 44.8 Å². The van der Waals surface area contributed by atoms with Crippen LogP contribution in [0.1, 0.15) is 10.4 Å². The monoisotopic (exact) mass is 502 g/mol. The third-order valence-electron chi connectivity index (χ3n) is 5.26. The van der Waals surface area contributed by atoms with Gasteiger partial charge >= 0.3 is 0 Å². The zero-order valence-electron chi connectivity index (χ0n) is 17.7. The second kappa shape index (κ2) is 10.2. The number of hydrogen-bond acceptors (Lipinski definition) is 5. The number of anilines is 1. The molecule has 0 spiro atoms. The fraction of sp³-hybridized carbons (Fsp3) is 0.304. The van der Waals surface area contributed by atoms with Gasteiger partial charge in [0.05, 0.1) is 29.6 Å². The van der Waals surface area contributed by atoms with Gasteiger partial charge in [-0.05, 0) is 58.4 Å². The lowest BCUT2D eigenvalue weighted by molar-refractivity contribution is 0.0323. The van der Waals surface area contributed by atoms with E-state index in [-0.39, 0.29) is 11.7 Å². The largest absolute Gasteiger partial charge is 0.492 e. The molecule has 0 unspecified atom stereocenters. The number of halogens is 2. The smallest absolute Gasteiger partial charge is 0.255 e. The molecule has 32 heavy (non-hydrogen) atoms. The molecule has 9 heteroatoms. The minimum absolute atomic E-state index is 0.319. The first-order valence-corrected chi connectivity index (χ1v) is 11.1. The molecule has 0 bridgehead atoms. The number of carbonyl (C=O) groups is 1. The van der Waals surface area contributed by atoms with E-state index in [1.807, 2.05) is 19.2 Å². The van der Waals surface area contributed by atoms with Gasteiger partial charge in [-0.15, -0.1) is 0 Å². The van der Waals surface area contributed by atoms with Gasteiger partial charge in [0.25, 0.3) is 5.91 Å². The molecule has 7 nitrogen and oxygen atoms in total. The minimum atomic E-state index is -0.386. The van der Waals surface area contributed by atoms with Gasteiger partial charge in [0.2, 0.25) is 0 Å². The Balaban J connectivity index is 1.54. The zero-order chi connectivity index (χ0) is 22.5. The number of benzene rings is 2. The first-order chi connectivity index (χ1) is 15.5. The quantitative estimate of drug-likeness (QED) is 0.529. The standard InChI is InChI=1S/C23H24BrFN4O3/c1-28-22(20(24)15-26-28)19-14-18(27-23(30)16-2-4-17(25)5-3-16)6-7-21(19)32-13-10-29-8-11-31-12-9-29/h2-7,14-15H,8-13H2,1H3,(H,27,30). The first-order valence-electron chi connectivity index (χ1n) is 10.3. The summed E-state index contributed by atoms with van der Waals surface area (Å²) in [5.41, 5.74) is 2.61. The van der Waals surface area contributed by atoms with E-state index in [0.29, 0.717) is 23.6 Å². The summed E-state index contributed by atoms with van der Waals surface area (Å²) in [6.45, 7) is 4.63. The Kier molecular flexibility index (Phi) is 7.19. The predicted molar refractivity (Wildman–Crippen MR) is 123 cm³/mol. The summed E-state index contributed by atoms with van der Waals surface area (Å²) in [4.78, 5) is 14.9. The fourth-order valence-electron chi connectivity index (χ4n) is 3.55. The maximum Gasteiger partial charge on any atom is 0.255 e. The number of morpholine rings is 1. The number of nitrogens with zero attached hydrogens (tertiary/aromatic N) is 3. The molecule has 1 aliphatic heterocycles. The Labute approximate surface area is 194 Å². The average molecular weight is 503 g/mol. The fourth-order valence-corrected chi connectivity index (χ4v) is 4.11. The van der Waals surface area contributed by atoms with Crippen molar-refractivity contribution in [3.63, 3.8) is 0 Å². The molecule has 4 rings (SSSR count). The van der Waals surface area contributed by atoms with Crippen molar-refractivity contribution >= 4 is 27.5 Å². The van der Waals surface area contributed by atoms with E-state index in [2.05, 4.69) is 31.2 Å².